The fourth-order valence-electron chi connectivity index (χ4n) is 2.70. The van der Waals surface area contributed by atoms with Gasteiger partial charge in [0.25, 0.3) is 0 Å². The van der Waals surface area contributed by atoms with Crippen molar-refractivity contribution in [2.75, 3.05) is 6.61 Å². The average molecular weight is 296 g/mol. The van der Waals surface area contributed by atoms with E-state index in [-0.39, 0.29) is 5.69 Å². The van der Waals surface area contributed by atoms with Crippen molar-refractivity contribution in [2.45, 2.75) is 19.9 Å². The standard InChI is InChI=1S/C18H20N2O2/c1-14-7-5-8-15(13-14)22-12-6-11-20-17-10-4-3-9-16(17)19(2)18(20)21/h3-5,7-10,13H,6,11-12H2,1-2H3. The first-order chi connectivity index (χ1) is 10.7. The summed E-state index contributed by atoms with van der Waals surface area (Å²) in [5, 5.41) is 0. The van der Waals surface area contributed by atoms with Crippen molar-refractivity contribution in [3.05, 3.63) is 64.6 Å². The maximum atomic E-state index is 12.3. The number of hydrogen-bond acceptors (Lipinski definition) is 2. The van der Waals surface area contributed by atoms with Crippen molar-refractivity contribution < 1.29 is 4.74 Å². The van der Waals surface area contributed by atoms with Gasteiger partial charge in [-0.1, -0.05) is 24.3 Å². The van der Waals surface area contributed by atoms with E-state index in [1.54, 1.807) is 4.57 Å². The molecule has 0 amide bonds. The summed E-state index contributed by atoms with van der Waals surface area (Å²) in [5.41, 5.74) is 3.15. The zero-order valence-electron chi connectivity index (χ0n) is 13.0. The van der Waals surface area contributed by atoms with E-state index in [2.05, 4.69) is 0 Å². The molecule has 4 heteroatoms. The Balaban J connectivity index is 1.67. The third-order valence-electron chi connectivity index (χ3n) is 3.84. The highest BCUT2D eigenvalue weighted by Crippen LogP contribution is 2.14. The molecule has 0 aliphatic rings. The van der Waals surface area contributed by atoms with Crippen LogP contribution < -0.4 is 10.4 Å². The second kappa shape index (κ2) is 6.10. The number of rotatable bonds is 5. The van der Waals surface area contributed by atoms with E-state index >= 15 is 0 Å². The molecule has 0 saturated carbocycles. The molecule has 0 bridgehead atoms. The van der Waals surface area contributed by atoms with Crippen LogP contribution in [0.2, 0.25) is 0 Å². The highest BCUT2D eigenvalue weighted by atomic mass is 16.5. The van der Waals surface area contributed by atoms with Crippen molar-refractivity contribution in [3.63, 3.8) is 0 Å². The summed E-state index contributed by atoms with van der Waals surface area (Å²) >= 11 is 0. The average Bonchev–Trinajstić information content (AvgIpc) is 2.77. The van der Waals surface area contributed by atoms with Crippen LogP contribution in [-0.2, 0) is 13.6 Å². The number of para-hydroxylation sites is 2. The second-order valence-electron chi connectivity index (χ2n) is 5.50. The Kier molecular flexibility index (Phi) is 4.00. The van der Waals surface area contributed by atoms with Gasteiger partial charge < -0.3 is 4.74 Å². The SMILES string of the molecule is Cc1cccc(OCCCn2c(=O)n(C)c3ccccc32)c1. The van der Waals surface area contributed by atoms with Crippen molar-refractivity contribution >= 4 is 11.0 Å². The van der Waals surface area contributed by atoms with Gasteiger partial charge in [-0.15, -0.1) is 0 Å². The van der Waals surface area contributed by atoms with Gasteiger partial charge >= 0.3 is 5.69 Å². The largest absolute Gasteiger partial charge is 0.494 e. The van der Waals surface area contributed by atoms with Gasteiger partial charge in [0.15, 0.2) is 0 Å². The Bertz CT molecular complexity index is 846. The molecule has 1 heterocycles. The van der Waals surface area contributed by atoms with Gasteiger partial charge in [0.05, 0.1) is 17.6 Å². The minimum Gasteiger partial charge on any atom is -0.494 e. The lowest BCUT2D eigenvalue weighted by atomic mass is 10.2. The first-order valence-electron chi connectivity index (χ1n) is 7.50. The number of ether oxygens (including phenoxy) is 1. The molecular formula is C18H20N2O2. The predicted octanol–water partition coefficient (Wildman–Crippen LogP) is 3.12. The molecule has 22 heavy (non-hydrogen) atoms. The normalized spacial score (nSPS) is 11.0. The summed E-state index contributed by atoms with van der Waals surface area (Å²) in [4.78, 5) is 12.3. The molecule has 0 spiro atoms. The molecule has 0 aliphatic carbocycles. The summed E-state index contributed by atoms with van der Waals surface area (Å²) in [6.45, 7) is 3.30. The minimum absolute atomic E-state index is 0.0248. The van der Waals surface area contributed by atoms with E-state index in [1.165, 1.54) is 5.56 Å². The Morgan fingerprint density at radius 3 is 2.59 bits per heavy atom. The molecule has 0 fully saturated rings. The van der Waals surface area contributed by atoms with E-state index in [4.69, 9.17) is 4.74 Å². The molecule has 2 aromatic carbocycles. The van der Waals surface area contributed by atoms with Crippen LogP contribution in [0.3, 0.4) is 0 Å². The van der Waals surface area contributed by atoms with Crippen LogP contribution in [0, 0.1) is 6.92 Å². The van der Waals surface area contributed by atoms with Crippen LogP contribution in [0.4, 0.5) is 0 Å². The highest BCUT2D eigenvalue weighted by Gasteiger charge is 2.09. The number of aryl methyl sites for hydroxylation is 3. The van der Waals surface area contributed by atoms with Crippen LogP contribution in [-0.4, -0.2) is 15.7 Å². The summed E-state index contributed by atoms with van der Waals surface area (Å²) in [7, 11) is 1.81. The summed E-state index contributed by atoms with van der Waals surface area (Å²) in [6.07, 6.45) is 0.794. The van der Waals surface area contributed by atoms with Crippen LogP contribution in [0.1, 0.15) is 12.0 Å². The Hall–Kier alpha value is -2.49. The van der Waals surface area contributed by atoms with Gasteiger partial charge in [0.1, 0.15) is 5.75 Å². The smallest absolute Gasteiger partial charge is 0.328 e. The maximum absolute atomic E-state index is 12.3. The molecule has 0 N–H and O–H groups in total. The van der Waals surface area contributed by atoms with Crippen molar-refractivity contribution in [1.29, 1.82) is 0 Å². The number of benzene rings is 2. The molecule has 114 valence electrons. The van der Waals surface area contributed by atoms with Crippen LogP contribution in [0.5, 0.6) is 5.75 Å². The fourth-order valence-corrected chi connectivity index (χ4v) is 2.70. The molecule has 3 aromatic rings. The number of imidazole rings is 1. The number of fused-ring (bicyclic) bond motifs is 1. The minimum atomic E-state index is 0.0248. The van der Waals surface area contributed by atoms with Gasteiger partial charge in [0, 0.05) is 13.6 Å². The van der Waals surface area contributed by atoms with Crippen LogP contribution in [0.25, 0.3) is 11.0 Å². The zero-order chi connectivity index (χ0) is 15.5. The number of aromatic nitrogens is 2. The highest BCUT2D eigenvalue weighted by molar-refractivity contribution is 5.75. The number of nitrogens with zero attached hydrogens (tertiary/aromatic N) is 2. The molecule has 0 saturated heterocycles. The predicted molar refractivity (Wildman–Crippen MR) is 88.5 cm³/mol. The van der Waals surface area contributed by atoms with Crippen LogP contribution in [0.15, 0.2) is 53.3 Å². The quantitative estimate of drug-likeness (QED) is 0.678. The van der Waals surface area contributed by atoms with E-state index in [1.807, 2.05) is 67.1 Å². The van der Waals surface area contributed by atoms with E-state index < -0.39 is 0 Å². The molecular weight excluding hydrogens is 276 g/mol. The van der Waals surface area contributed by atoms with Gasteiger partial charge in [-0.2, -0.15) is 0 Å². The van der Waals surface area contributed by atoms with E-state index in [0.717, 1.165) is 23.2 Å². The monoisotopic (exact) mass is 296 g/mol. The van der Waals surface area contributed by atoms with Crippen molar-refractivity contribution in [3.8, 4) is 5.75 Å². The lowest BCUT2D eigenvalue weighted by molar-refractivity contribution is 0.301. The third-order valence-corrected chi connectivity index (χ3v) is 3.84. The third kappa shape index (κ3) is 2.77. The van der Waals surface area contributed by atoms with Gasteiger partial charge in [-0.3, -0.25) is 9.13 Å². The van der Waals surface area contributed by atoms with E-state index in [9.17, 15) is 4.79 Å². The Morgan fingerprint density at radius 1 is 1.05 bits per heavy atom. The summed E-state index contributed by atoms with van der Waals surface area (Å²) < 4.78 is 9.25. The lowest BCUT2D eigenvalue weighted by Gasteiger charge is -2.07. The molecule has 0 radical (unpaired) electrons. The van der Waals surface area contributed by atoms with Gasteiger partial charge in [-0.05, 0) is 43.2 Å². The lowest BCUT2D eigenvalue weighted by Crippen LogP contribution is -2.23. The van der Waals surface area contributed by atoms with Crippen LogP contribution >= 0.6 is 0 Å². The first-order valence-corrected chi connectivity index (χ1v) is 7.50. The molecule has 3 rings (SSSR count). The van der Waals surface area contributed by atoms with Gasteiger partial charge in [0.2, 0.25) is 0 Å². The summed E-state index contributed by atoms with van der Waals surface area (Å²) in [6, 6.07) is 15.9. The molecule has 4 nitrogen and oxygen atoms in total. The topological polar surface area (TPSA) is 36.2 Å². The fraction of sp³-hybridized carbons (Fsp3) is 0.278. The van der Waals surface area contributed by atoms with Gasteiger partial charge in [-0.25, -0.2) is 4.79 Å². The van der Waals surface area contributed by atoms with Crippen molar-refractivity contribution in [2.24, 2.45) is 7.05 Å². The first kappa shape index (κ1) is 14.4. The van der Waals surface area contributed by atoms with E-state index in [0.29, 0.717) is 13.2 Å². The second-order valence-corrected chi connectivity index (χ2v) is 5.50. The molecule has 1 aromatic heterocycles. The zero-order valence-corrected chi connectivity index (χ0v) is 13.0. The Morgan fingerprint density at radius 2 is 1.82 bits per heavy atom. The molecule has 0 unspecified atom stereocenters. The summed E-state index contributed by atoms with van der Waals surface area (Å²) in [5.74, 6) is 0.880. The maximum Gasteiger partial charge on any atom is 0.328 e. The van der Waals surface area contributed by atoms with Crippen molar-refractivity contribution in [1.82, 2.24) is 9.13 Å². The molecule has 0 aliphatic heterocycles. The Labute approximate surface area is 129 Å². The number of hydrogen-bond donors (Lipinski definition) is 0. The molecule has 0 atom stereocenters.